The van der Waals surface area contributed by atoms with Crippen LogP contribution in [0.1, 0.15) is 10.4 Å². The van der Waals surface area contributed by atoms with Crippen molar-refractivity contribution in [3.05, 3.63) is 83.9 Å². The number of anilines is 1. The lowest BCUT2D eigenvalue weighted by atomic mass is 10.2. The molecule has 6 nitrogen and oxygen atoms in total. The van der Waals surface area contributed by atoms with Crippen LogP contribution in [0.25, 0.3) is 22.4 Å². The van der Waals surface area contributed by atoms with E-state index in [1.165, 1.54) is 36.4 Å². The van der Waals surface area contributed by atoms with E-state index in [1.54, 1.807) is 30.3 Å². The molecule has 2 amide bonds. The maximum absolute atomic E-state index is 13.6. The molecule has 0 fully saturated rings. The van der Waals surface area contributed by atoms with E-state index in [4.69, 9.17) is 0 Å². The van der Waals surface area contributed by atoms with Crippen LogP contribution in [0.4, 0.5) is 14.5 Å². The monoisotopic (exact) mass is 406 g/mol. The molecule has 0 saturated carbocycles. The van der Waals surface area contributed by atoms with Gasteiger partial charge < -0.3 is 15.6 Å². The molecule has 0 atom stereocenters. The van der Waals surface area contributed by atoms with Gasteiger partial charge in [-0.3, -0.25) is 9.59 Å². The van der Waals surface area contributed by atoms with Gasteiger partial charge in [-0.2, -0.15) is 0 Å². The molecule has 30 heavy (non-hydrogen) atoms. The van der Waals surface area contributed by atoms with E-state index in [0.29, 0.717) is 22.5 Å². The van der Waals surface area contributed by atoms with Gasteiger partial charge in [-0.1, -0.05) is 12.1 Å². The van der Waals surface area contributed by atoms with Crippen molar-refractivity contribution in [3.63, 3.8) is 0 Å². The Balaban J connectivity index is 1.42. The number of carbonyl (C=O) groups is 2. The molecule has 0 aliphatic carbocycles. The maximum Gasteiger partial charge on any atom is 0.254 e. The van der Waals surface area contributed by atoms with Gasteiger partial charge in [0.1, 0.15) is 17.5 Å². The number of aromatic nitrogens is 2. The Morgan fingerprint density at radius 2 is 1.73 bits per heavy atom. The number of nitrogens with zero attached hydrogens (tertiary/aromatic N) is 1. The van der Waals surface area contributed by atoms with Gasteiger partial charge in [-0.05, 0) is 54.6 Å². The highest BCUT2D eigenvalue weighted by atomic mass is 19.1. The Morgan fingerprint density at radius 3 is 2.50 bits per heavy atom. The number of H-pyrrole nitrogens is 1. The fourth-order valence-corrected chi connectivity index (χ4v) is 2.94. The van der Waals surface area contributed by atoms with Crippen molar-refractivity contribution in [2.45, 2.75) is 0 Å². The lowest BCUT2D eigenvalue weighted by molar-refractivity contribution is -0.115. The van der Waals surface area contributed by atoms with Crippen LogP contribution in [-0.2, 0) is 4.79 Å². The van der Waals surface area contributed by atoms with Crippen LogP contribution in [0, 0.1) is 11.6 Å². The Labute approximate surface area is 170 Å². The van der Waals surface area contributed by atoms with Gasteiger partial charge in [-0.25, -0.2) is 13.8 Å². The predicted octanol–water partition coefficient (Wildman–Crippen LogP) is 3.88. The summed E-state index contributed by atoms with van der Waals surface area (Å²) in [5.74, 6) is -1.54. The van der Waals surface area contributed by atoms with Gasteiger partial charge in [0.2, 0.25) is 5.91 Å². The van der Waals surface area contributed by atoms with Crippen molar-refractivity contribution in [1.29, 1.82) is 0 Å². The molecule has 3 aromatic carbocycles. The summed E-state index contributed by atoms with van der Waals surface area (Å²) >= 11 is 0. The van der Waals surface area contributed by atoms with E-state index >= 15 is 0 Å². The van der Waals surface area contributed by atoms with Crippen molar-refractivity contribution in [3.8, 4) is 11.4 Å². The summed E-state index contributed by atoms with van der Waals surface area (Å²) in [4.78, 5) is 31.7. The summed E-state index contributed by atoms with van der Waals surface area (Å²) in [6, 6.07) is 16.6. The summed E-state index contributed by atoms with van der Waals surface area (Å²) in [6.07, 6.45) is 0. The highest BCUT2D eigenvalue weighted by molar-refractivity contribution is 6.00. The second kappa shape index (κ2) is 8.12. The first-order valence-electron chi connectivity index (χ1n) is 9.08. The average Bonchev–Trinajstić information content (AvgIpc) is 3.16. The van der Waals surface area contributed by atoms with Crippen LogP contribution in [0.2, 0.25) is 0 Å². The number of halogens is 2. The smallest absolute Gasteiger partial charge is 0.254 e. The normalized spacial score (nSPS) is 10.7. The first kappa shape index (κ1) is 19.3. The van der Waals surface area contributed by atoms with Gasteiger partial charge in [0.15, 0.2) is 0 Å². The second-order valence-electron chi connectivity index (χ2n) is 6.53. The molecule has 150 valence electrons. The van der Waals surface area contributed by atoms with Gasteiger partial charge in [0.25, 0.3) is 5.91 Å². The Kier molecular flexibility index (Phi) is 5.21. The highest BCUT2D eigenvalue weighted by Crippen LogP contribution is 2.23. The summed E-state index contributed by atoms with van der Waals surface area (Å²) in [7, 11) is 0. The number of imidazole rings is 1. The SMILES string of the molecule is O=C(CNC(=O)c1ccccc1F)Nc1ccc2nc(-c3ccc(F)cc3)[nH]c2c1. The number of fused-ring (bicyclic) bond motifs is 1. The van der Waals surface area contributed by atoms with Crippen LogP contribution < -0.4 is 10.6 Å². The van der Waals surface area contributed by atoms with Gasteiger partial charge in [0, 0.05) is 11.3 Å². The largest absolute Gasteiger partial charge is 0.343 e. The van der Waals surface area contributed by atoms with E-state index in [-0.39, 0.29) is 17.9 Å². The van der Waals surface area contributed by atoms with E-state index in [1.807, 2.05) is 0 Å². The number of rotatable bonds is 5. The summed E-state index contributed by atoms with van der Waals surface area (Å²) in [5.41, 5.74) is 2.47. The average molecular weight is 406 g/mol. The molecule has 0 aliphatic heterocycles. The Morgan fingerprint density at radius 1 is 0.967 bits per heavy atom. The number of aromatic amines is 1. The molecule has 1 heterocycles. The van der Waals surface area contributed by atoms with Crippen molar-refractivity contribution in [1.82, 2.24) is 15.3 Å². The van der Waals surface area contributed by atoms with Gasteiger partial charge >= 0.3 is 0 Å². The second-order valence-corrected chi connectivity index (χ2v) is 6.53. The molecule has 8 heteroatoms. The molecule has 0 radical (unpaired) electrons. The van der Waals surface area contributed by atoms with Gasteiger partial charge in [0.05, 0.1) is 23.1 Å². The Hall–Kier alpha value is -4.07. The van der Waals surface area contributed by atoms with Crippen LogP contribution in [0.15, 0.2) is 66.7 Å². The predicted molar refractivity (Wildman–Crippen MR) is 109 cm³/mol. The minimum absolute atomic E-state index is 0.127. The first-order chi connectivity index (χ1) is 14.5. The molecule has 0 aliphatic rings. The molecule has 3 N–H and O–H groups in total. The van der Waals surface area contributed by atoms with Crippen molar-refractivity contribution in [2.75, 3.05) is 11.9 Å². The van der Waals surface area contributed by atoms with E-state index in [9.17, 15) is 18.4 Å². The molecule has 1 aromatic heterocycles. The number of carbonyl (C=O) groups excluding carboxylic acids is 2. The minimum atomic E-state index is -0.670. The quantitative estimate of drug-likeness (QED) is 0.470. The molecule has 0 unspecified atom stereocenters. The number of amides is 2. The number of benzene rings is 3. The van der Waals surface area contributed by atoms with Crippen LogP contribution in [-0.4, -0.2) is 28.3 Å². The fourth-order valence-electron chi connectivity index (χ4n) is 2.94. The van der Waals surface area contributed by atoms with E-state index < -0.39 is 17.6 Å². The number of nitrogens with one attached hydrogen (secondary N) is 3. The molecule has 0 spiro atoms. The first-order valence-corrected chi connectivity index (χ1v) is 9.08. The van der Waals surface area contributed by atoms with E-state index in [0.717, 1.165) is 5.56 Å². The zero-order chi connectivity index (χ0) is 21.1. The molecular formula is C22H16F2N4O2. The van der Waals surface area contributed by atoms with Gasteiger partial charge in [-0.15, -0.1) is 0 Å². The molecule has 4 aromatic rings. The van der Waals surface area contributed by atoms with Crippen molar-refractivity contribution in [2.24, 2.45) is 0 Å². The Bertz CT molecular complexity index is 1240. The topological polar surface area (TPSA) is 86.9 Å². The molecule has 0 bridgehead atoms. The van der Waals surface area contributed by atoms with Crippen LogP contribution in [0.5, 0.6) is 0 Å². The third kappa shape index (κ3) is 4.17. The van der Waals surface area contributed by atoms with Crippen molar-refractivity contribution >= 4 is 28.5 Å². The van der Waals surface area contributed by atoms with Crippen molar-refractivity contribution < 1.29 is 18.4 Å². The molecule has 0 saturated heterocycles. The third-order valence-electron chi connectivity index (χ3n) is 4.41. The lowest BCUT2D eigenvalue weighted by Gasteiger charge is -2.07. The number of hydrogen-bond acceptors (Lipinski definition) is 3. The standard InChI is InChI=1S/C22H16F2N4O2/c23-14-7-5-13(6-8-14)21-27-18-10-9-15(11-19(18)28-21)26-20(29)12-25-22(30)16-3-1-2-4-17(16)24/h1-11H,12H2,(H,25,30)(H,26,29)(H,27,28). The minimum Gasteiger partial charge on any atom is -0.343 e. The summed E-state index contributed by atoms with van der Waals surface area (Å²) < 4.78 is 26.7. The summed E-state index contributed by atoms with van der Waals surface area (Å²) in [5, 5.41) is 5.05. The fraction of sp³-hybridized carbons (Fsp3) is 0.0455. The summed E-state index contributed by atoms with van der Waals surface area (Å²) in [6.45, 7) is -0.311. The molecular weight excluding hydrogens is 390 g/mol. The maximum atomic E-state index is 13.6. The van der Waals surface area contributed by atoms with Crippen LogP contribution in [0.3, 0.4) is 0 Å². The third-order valence-corrected chi connectivity index (χ3v) is 4.41. The lowest BCUT2D eigenvalue weighted by Crippen LogP contribution is -2.33. The zero-order valence-corrected chi connectivity index (χ0v) is 15.6. The zero-order valence-electron chi connectivity index (χ0n) is 15.6. The van der Waals surface area contributed by atoms with Crippen LogP contribution >= 0.6 is 0 Å². The number of hydrogen-bond donors (Lipinski definition) is 3. The van der Waals surface area contributed by atoms with E-state index in [2.05, 4.69) is 20.6 Å². The molecule has 4 rings (SSSR count). The highest BCUT2D eigenvalue weighted by Gasteiger charge is 2.13.